The van der Waals surface area contributed by atoms with Gasteiger partial charge in [-0.05, 0) is 36.1 Å². The first-order valence-electron chi connectivity index (χ1n) is 9.43. The van der Waals surface area contributed by atoms with Gasteiger partial charge in [-0.3, -0.25) is 19.7 Å². The van der Waals surface area contributed by atoms with Crippen LogP contribution in [0.4, 0.5) is 0 Å². The zero-order valence-electron chi connectivity index (χ0n) is 16.2. The first-order chi connectivity index (χ1) is 12.8. The molecule has 1 fully saturated rings. The molecule has 3 N–H and O–H groups in total. The van der Waals surface area contributed by atoms with Gasteiger partial charge in [0, 0.05) is 38.2 Å². The number of hydrogen-bond donors (Lipinski definition) is 3. The van der Waals surface area contributed by atoms with E-state index in [4.69, 9.17) is 0 Å². The molecule has 0 saturated carbocycles. The van der Waals surface area contributed by atoms with Gasteiger partial charge in [-0.25, -0.2) is 0 Å². The predicted molar refractivity (Wildman–Crippen MR) is 102 cm³/mol. The Morgan fingerprint density at radius 1 is 1.22 bits per heavy atom. The minimum atomic E-state index is -0.571. The fraction of sp³-hybridized carbons (Fsp3) is 0.550. The Hall–Kier alpha value is -2.25. The summed E-state index contributed by atoms with van der Waals surface area (Å²) in [7, 11) is 1.95. The lowest BCUT2D eigenvalue weighted by Gasteiger charge is -2.29. The third kappa shape index (κ3) is 4.20. The lowest BCUT2D eigenvalue weighted by Crippen LogP contribution is -2.52. The van der Waals surface area contributed by atoms with Gasteiger partial charge in [0.05, 0.1) is 0 Å². The minimum Gasteiger partial charge on any atom is -0.322 e. The van der Waals surface area contributed by atoms with E-state index < -0.39 is 6.04 Å². The second-order valence-corrected chi connectivity index (χ2v) is 8.14. The van der Waals surface area contributed by atoms with Crippen molar-refractivity contribution in [3.63, 3.8) is 0 Å². The van der Waals surface area contributed by atoms with Crippen LogP contribution in [0.1, 0.15) is 48.2 Å². The van der Waals surface area contributed by atoms with Crippen LogP contribution >= 0.6 is 0 Å². The number of imide groups is 1. The molecule has 1 aromatic carbocycles. The Balaban J connectivity index is 1.70. The van der Waals surface area contributed by atoms with E-state index in [1.807, 2.05) is 25.2 Å². The SMILES string of the molecule is CNCC(C)(C)CNCc1cccc2c1CN(C1CCC(=O)NC1=O)C2=O. The Kier molecular flexibility index (Phi) is 5.62. The molecule has 1 unspecified atom stereocenters. The third-order valence-electron chi connectivity index (χ3n) is 5.25. The first kappa shape index (κ1) is 19.5. The summed E-state index contributed by atoms with van der Waals surface area (Å²) in [5, 5.41) is 9.03. The highest BCUT2D eigenvalue weighted by atomic mass is 16.2. The highest BCUT2D eigenvalue weighted by molar-refractivity contribution is 6.05. The zero-order chi connectivity index (χ0) is 19.6. The van der Waals surface area contributed by atoms with Crippen molar-refractivity contribution in [3.05, 3.63) is 34.9 Å². The molecule has 1 saturated heterocycles. The number of hydrogen-bond acceptors (Lipinski definition) is 5. The molecular formula is C20H28N4O3. The normalized spacial score (nSPS) is 20.0. The van der Waals surface area contributed by atoms with Gasteiger partial charge in [0.1, 0.15) is 6.04 Å². The summed E-state index contributed by atoms with van der Waals surface area (Å²) in [6.45, 7) is 7.24. The van der Waals surface area contributed by atoms with E-state index in [9.17, 15) is 14.4 Å². The van der Waals surface area contributed by atoms with Gasteiger partial charge < -0.3 is 15.5 Å². The molecule has 0 spiro atoms. The Bertz CT molecular complexity index is 760. The highest BCUT2D eigenvalue weighted by Crippen LogP contribution is 2.29. The van der Waals surface area contributed by atoms with Gasteiger partial charge in [-0.15, -0.1) is 0 Å². The summed E-state index contributed by atoms with van der Waals surface area (Å²) in [4.78, 5) is 38.0. The average Bonchev–Trinajstić information content (AvgIpc) is 2.93. The van der Waals surface area contributed by atoms with Crippen molar-refractivity contribution in [2.24, 2.45) is 5.41 Å². The Morgan fingerprint density at radius 2 is 2.00 bits per heavy atom. The van der Waals surface area contributed by atoms with E-state index in [-0.39, 0.29) is 29.6 Å². The largest absolute Gasteiger partial charge is 0.322 e. The summed E-state index contributed by atoms with van der Waals surface area (Å²) < 4.78 is 0. The Labute approximate surface area is 159 Å². The van der Waals surface area contributed by atoms with Gasteiger partial charge in [0.2, 0.25) is 11.8 Å². The van der Waals surface area contributed by atoms with Crippen LogP contribution < -0.4 is 16.0 Å². The van der Waals surface area contributed by atoms with E-state index >= 15 is 0 Å². The van der Waals surface area contributed by atoms with Crippen LogP contribution in [0, 0.1) is 5.41 Å². The number of piperidine rings is 1. The van der Waals surface area contributed by atoms with Crippen molar-refractivity contribution in [2.75, 3.05) is 20.1 Å². The van der Waals surface area contributed by atoms with Crippen LogP contribution in [0.5, 0.6) is 0 Å². The number of nitrogens with zero attached hydrogens (tertiary/aromatic N) is 1. The second-order valence-electron chi connectivity index (χ2n) is 8.14. The van der Waals surface area contributed by atoms with Crippen LogP contribution in [0.25, 0.3) is 0 Å². The summed E-state index contributed by atoms with van der Waals surface area (Å²) >= 11 is 0. The maximum Gasteiger partial charge on any atom is 0.255 e. The predicted octanol–water partition coefficient (Wildman–Crippen LogP) is 0.783. The molecule has 3 amide bonds. The number of nitrogens with one attached hydrogen (secondary N) is 3. The molecule has 2 aliphatic rings. The third-order valence-corrected chi connectivity index (χ3v) is 5.25. The smallest absolute Gasteiger partial charge is 0.255 e. The van der Waals surface area contributed by atoms with Gasteiger partial charge in [0.15, 0.2) is 0 Å². The summed E-state index contributed by atoms with van der Waals surface area (Å²) in [6, 6.07) is 5.16. The van der Waals surface area contributed by atoms with Crippen molar-refractivity contribution in [1.82, 2.24) is 20.9 Å². The number of benzene rings is 1. The van der Waals surface area contributed by atoms with Crippen LogP contribution in [0.3, 0.4) is 0 Å². The fourth-order valence-electron chi connectivity index (χ4n) is 3.89. The molecule has 1 atom stereocenters. The van der Waals surface area contributed by atoms with E-state index in [1.165, 1.54) is 0 Å². The molecule has 1 aromatic rings. The first-order valence-corrected chi connectivity index (χ1v) is 9.43. The van der Waals surface area contributed by atoms with E-state index in [0.29, 0.717) is 25.1 Å². The average molecular weight is 372 g/mol. The molecule has 2 aliphatic heterocycles. The molecule has 0 aromatic heterocycles. The van der Waals surface area contributed by atoms with Crippen molar-refractivity contribution < 1.29 is 14.4 Å². The van der Waals surface area contributed by atoms with Crippen molar-refractivity contribution in [2.45, 2.75) is 45.8 Å². The van der Waals surface area contributed by atoms with Gasteiger partial charge in [0.25, 0.3) is 5.91 Å². The van der Waals surface area contributed by atoms with Gasteiger partial charge in [-0.1, -0.05) is 26.0 Å². The molecule has 146 valence electrons. The molecule has 0 radical (unpaired) electrons. The van der Waals surface area contributed by atoms with Crippen LogP contribution in [0.2, 0.25) is 0 Å². The number of fused-ring (bicyclic) bond motifs is 1. The summed E-state index contributed by atoms with van der Waals surface area (Å²) in [5.74, 6) is -0.771. The molecule has 0 aliphatic carbocycles. The molecular weight excluding hydrogens is 344 g/mol. The van der Waals surface area contributed by atoms with Gasteiger partial charge >= 0.3 is 0 Å². The van der Waals surface area contributed by atoms with Crippen LogP contribution in [-0.2, 0) is 22.7 Å². The molecule has 3 rings (SSSR count). The van der Waals surface area contributed by atoms with E-state index in [1.54, 1.807) is 4.90 Å². The monoisotopic (exact) mass is 372 g/mol. The maximum absolute atomic E-state index is 12.8. The second kappa shape index (κ2) is 7.78. The number of carbonyl (C=O) groups excluding carboxylic acids is 3. The number of carbonyl (C=O) groups is 3. The lowest BCUT2D eigenvalue weighted by molar-refractivity contribution is -0.136. The van der Waals surface area contributed by atoms with E-state index in [2.05, 4.69) is 29.8 Å². The van der Waals surface area contributed by atoms with Crippen molar-refractivity contribution in [1.29, 1.82) is 0 Å². The molecule has 2 heterocycles. The molecule has 27 heavy (non-hydrogen) atoms. The topological polar surface area (TPSA) is 90.5 Å². The van der Waals surface area contributed by atoms with Crippen molar-refractivity contribution in [3.8, 4) is 0 Å². The zero-order valence-corrected chi connectivity index (χ0v) is 16.2. The van der Waals surface area contributed by atoms with E-state index in [0.717, 1.165) is 24.2 Å². The quantitative estimate of drug-likeness (QED) is 0.616. The van der Waals surface area contributed by atoms with Gasteiger partial charge in [-0.2, -0.15) is 0 Å². The summed E-state index contributed by atoms with van der Waals surface area (Å²) in [6.07, 6.45) is 0.654. The minimum absolute atomic E-state index is 0.126. The fourth-order valence-corrected chi connectivity index (χ4v) is 3.89. The Morgan fingerprint density at radius 3 is 2.70 bits per heavy atom. The molecule has 0 bridgehead atoms. The van der Waals surface area contributed by atoms with Crippen LogP contribution in [0.15, 0.2) is 18.2 Å². The van der Waals surface area contributed by atoms with Crippen LogP contribution in [-0.4, -0.2) is 48.8 Å². The lowest BCUT2D eigenvalue weighted by atomic mass is 9.93. The molecule has 7 heteroatoms. The molecule has 7 nitrogen and oxygen atoms in total. The number of rotatable bonds is 7. The standard InChI is InChI=1S/C20H28N4O3/c1-20(2,11-21-3)12-22-9-13-5-4-6-14-15(13)10-24(19(14)27)16-7-8-17(25)23-18(16)26/h4-6,16,21-22H,7-12H2,1-3H3,(H,23,25,26). The summed E-state index contributed by atoms with van der Waals surface area (Å²) in [5.41, 5.74) is 2.84. The highest BCUT2D eigenvalue weighted by Gasteiger charge is 2.39. The van der Waals surface area contributed by atoms with Crippen molar-refractivity contribution >= 4 is 17.7 Å². The maximum atomic E-state index is 12.8. The number of amides is 3.